The second-order valence-electron chi connectivity index (χ2n) is 5.28. The van der Waals surface area contributed by atoms with Crippen LogP contribution in [0.5, 0.6) is 0 Å². The van der Waals surface area contributed by atoms with E-state index in [1.165, 1.54) is 13.0 Å². The van der Waals surface area contributed by atoms with E-state index < -0.39 is 0 Å². The predicted octanol–water partition coefficient (Wildman–Crippen LogP) is 1.90. The van der Waals surface area contributed by atoms with Crippen LogP contribution in [0.25, 0.3) is 0 Å². The molecular formula is C11H23NO. The number of rotatable bonds is 2. The van der Waals surface area contributed by atoms with Crippen LogP contribution >= 0.6 is 0 Å². The van der Waals surface area contributed by atoms with Crippen molar-refractivity contribution in [2.24, 2.45) is 17.3 Å². The maximum absolute atomic E-state index is 5.20. The van der Waals surface area contributed by atoms with Gasteiger partial charge in [-0.3, -0.25) is 0 Å². The molecule has 1 rings (SSSR count). The maximum Gasteiger partial charge on any atom is 0.0502 e. The summed E-state index contributed by atoms with van der Waals surface area (Å²) in [7, 11) is 1.79. The van der Waals surface area contributed by atoms with Crippen LogP contribution in [0.1, 0.15) is 27.2 Å². The van der Waals surface area contributed by atoms with Gasteiger partial charge in [0, 0.05) is 13.7 Å². The molecule has 0 unspecified atom stereocenters. The highest BCUT2D eigenvalue weighted by atomic mass is 16.5. The van der Waals surface area contributed by atoms with E-state index in [9.17, 15) is 0 Å². The Morgan fingerprint density at radius 3 is 2.54 bits per heavy atom. The summed E-state index contributed by atoms with van der Waals surface area (Å²) in [5.41, 5.74) is 0.430. The van der Waals surface area contributed by atoms with Crippen LogP contribution in [0.2, 0.25) is 0 Å². The molecule has 2 atom stereocenters. The fourth-order valence-electron chi connectivity index (χ4n) is 2.05. The van der Waals surface area contributed by atoms with Crippen molar-refractivity contribution in [3.05, 3.63) is 0 Å². The van der Waals surface area contributed by atoms with Crippen molar-refractivity contribution in [3.8, 4) is 0 Å². The van der Waals surface area contributed by atoms with E-state index in [2.05, 4.69) is 26.1 Å². The highest BCUT2D eigenvalue weighted by Crippen LogP contribution is 2.32. The predicted molar refractivity (Wildman–Crippen MR) is 55.8 cm³/mol. The lowest BCUT2D eigenvalue weighted by molar-refractivity contribution is 0.0900. The minimum absolute atomic E-state index is 0.430. The van der Waals surface area contributed by atoms with Gasteiger partial charge in [-0.2, -0.15) is 0 Å². The number of piperidine rings is 1. The first-order valence-corrected chi connectivity index (χ1v) is 5.23. The molecule has 0 aromatic heterocycles. The Labute approximate surface area is 82.0 Å². The molecule has 0 spiro atoms. The van der Waals surface area contributed by atoms with E-state index in [0.29, 0.717) is 11.3 Å². The summed E-state index contributed by atoms with van der Waals surface area (Å²) in [4.78, 5) is 0. The van der Waals surface area contributed by atoms with E-state index in [-0.39, 0.29) is 0 Å². The molecule has 0 radical (unpaired) electrons. The summed E-state index contributed by atoms with van der Waals surface area (Å²) in [5.74, 6) is 1.50. The summed E-state index contributed by atoms with van der Waals surface area (Å²) in [6.07, 6.45) is 1.31. The van der Waals surface area contributed by atoms with E-state index in [4.69, 9.17) is 4.74 Å². The Balaban J connectivity index is 2.42. The normalized spacial score (nSPS) is 30.5. The molecule has 0 amide bonds. The zero-order valence-corrected chi connectivity index (χ0v) is 9.39. The van der Waals surface area contributed by atoms with Crippen molar-refractivity contribution < 1.29 is 4.74 Å². The van der Waals surface area contributed by atoms with E-state index in [0.717, 1.165) is 19.1 Å². The Morgan fingerprint density at radius 1 is 1.31 bits per heavy atom. The third-order valence-corrected chi connectivity index (χ3v) is 3.07. The van der Waals surface area contributed by atoms with Crippen LogP contribution in [0, 0.1) is 17.3 Å². The first-order chi connectivity index (χ1) is 6.04. The molecule has 1 aliphatic rings. The average Bonchev–Trinajstić information content (AvgIpc) is 2.04. The second-order valence-corrected chi connectivity index (χ2v) is 5.28. The van der Waals surface area contributed by atoms with Gasteiger partial charge >= 0.3 is 0 Å². The van der Waals surface area contributed by atoms with Gasteiger partial charge in [-0.15, -0.1) is 0 Å². The van der Waals surface area contributed by atoms with Crippen LogP contribution in [0.4, 0.5) is 0 Å². The lowest BCUT2D eigenvalue weighted by atomic mass is 9.74. The number of methoxy groups -OCH3 is 1. The lowest BCUT2D eigenvalue weighted by Crippen LogP contribution is -2.42. The molecule has 1 aliphatic heterocycles. The largest absolute Gasteiger partial charge is 0.384 e. The SMILES string of the molecule is COC[C@H]1CNC[C@H](C(C)(C)C)C1. The van der Waals surface area contributed by atoms with Crippen molar-refractivity contribution in [3.63, 3.8) is 0 Å². The maximum atomic E-state index is 5.20. The fraction of sp³-hybridized carbons (Fsp3) is 1.00. The summed E-state index contributed by atoms with van der Waals surface area (Å²) in [6, 6.07) is 0. The van der Waals surface area contributed by atoms with Gasteiger partial charge in [-0.1, -0.05) is 20.8 Å². The van der Waals surface area contributed by atoms with Gasteiger partial charge in [0.05, 0.1) is 6.61 Å². The Kier molecular flexibility index (Phi) is 3.74. The highest BCUT2D eigenvalue weighted by Gasteiger charge is 2.30. The van der Waals surface area contributed by atoms with E-state index in [1.54, 1.807) is 7.11 Å². The number of hydrogen-bond donors (Lipinski definition) is 1. The van der Waals surface area contributed by atoms with Crippen LogP contribution < -0.4 is 5.32 Å². The average molecular weight is 185 g/mol. The topological polar surface area (TPSA) is 21.3 Å². The van der Waals surface area contributed by atoms with Gasteiger partial charge in [0.25, 0.3) is 0 Å². The number of hydrogen-bond acceptors (Lipinski definition) is 2. The molecular weight excluding hydrogens is 162 g/mol. The van der Waals surface area contributed by atoms with Crippen LogP contribution in [-0.4, -0.2) is 26.8 Å². The Morgan fingerprint density at radius 2 is 2.00 bits per heavy atom. The van der Waals surface area contributed by atoms with Crippen molar-refractivity contribution in [2.75, 3.05) is 26.8 Å². The first kappa shape index (κ1) is 11.0. The van der Waals surface area contributed by atoms with Gasteiger partial charge < -0.3 is 10.1 Å². The molecule has 2 nitrogen and oxygen atoms in total. The van der Waals surface area contributed by atoms with Crippen LogP contribution in [0.3, 0.4) is 0 Å². The summed E-state index contributed by atoms with van der Waals surface area (Å²) in [6.45, 7) is 10.2. The molecule has 2 heteroatoms. The molecule has 1 heterocycles. The van der Waals surface area contributed by atoms with Gasteiger partial charge in [0.15, 0.2) is 0 Å². The van der Waals surface area contributed by atoms with Gasteiger partial charge in [-0.05, 0) is 30.2 Å². The fourth-order valence-corrected chi connectivity index (χ4v) is 2.05. The van der Waals surface area contributed by atoms with Crippen molar-refractivity contribution in [2.45, 2.75) is 27.2 Å². The molecule has 0 aromatic carbocycles. The summed E-state index contributed by atoms with van der Waals surface area (Å²) >= 11 is 0. The Bertz CT molecular complexity index is 149. The van der Waals surface area contributed by atoms with Crippen LogP contribution in [0.15, 0.2) is 0 Å². The lowest BCUT2D eigenvalue weighted by Gasteiger charge is -2.37. The first-order valence-electron chi connectivity index (χ1n) is 5.23. The number of nitrogens with one attached hydrogen (secondary N) is 1. The minimum atomic E-state index is 0.430. The molecule has 13 heavy (non-hydrogen) atoms. The van der Waals surface area contributed by atoms with Gasteiger partial charge in [0.2, 0.25) is 0 Å². The molecule has 1 saturated heterocycles. The van der Waals surface area contributed by atoms with Gasteiger partial charge in [-0.25, -0.2) is 0 Å². The molecule has 78 valence electrons. The smallest absolute Gasteiger partial charge is 0.0502 e. The van der Waals surface area contributed by atoms with Crippen molar-refractivity contribution in [1.82, 2.24) is 5.32 Å². The summed E-state index contributed by atoms with van der Waals surface area (Å²) in [5, 5.41) is 3.50. The zero-order chi connectivity index (χ0) is 9.90. The number of ether oxygens (including phenoxy) is 1. The van der Waals surface area contributed by atoms with Crippen molar-refractivity contribution >= 4 is 0 Å². The Hall–Kier alpha value is -0.0800. The third kappa shape index (κ3) is 3.28. The second kappa shape index (κ2) is 4.43. The molecule has 0 aromatic rings. The molecule has 1 fully saturated rings. The monoisotopic (exact) mass is 185 g/mol. The molecule has 1 N–H and O–H groups in total. The summed E-state index contributed by atoms with van der Waals surface area (Å²) < 4.78 is 5.20. The quantitative estimate of drug-likeness (QED) is 0.709. The molecule has 0 bridgehead atoms. The minimum Gasteiger partial charge on any atom is -0.384 e. The zero-order valence-electron chi connectivity index (χ0n) is 9.39. The molecule has 0 aliphatic carbocycles. The highest BCUT2D eigenvalue weighted by molar-refractivity contribution is 4.83. The van der Waals surface area contributed by atoms with E-state index in [1.807, 2.05) is 0 Å². The van der Waals surface area contributed by atoms with Gasteiger partial charge in [0.1, 0.15) is 0 Å². The van der Waals surface area contributed by atoms with Crippen LogP contribution in [-0.2, 0) is 4.74 Å². The standard InChI is InChI=1S/C11H23NO/c1-11(2,3)10-5-9(8-13-4)6-12-7-10/h9-10,12H,5-8H2,1-4H3/t9-,10-/m1/s1. The van der Waals surface area contributed by atoms with E-state index >= 15 is 0 Å². The van der Waals surface area contributed by atoms with Crippen molar-refractivity contribution in [1.29, 1.82) is 0 Å². The third-order valence-electron chi connectivity index (χ3n) is 3.07. The molecule has 0 saturated carbocycles.